The predicted molar refractivity (Wildman–Crippen MR) is 109 cm³/mol. The van der Waals surface area contributed by atoms with Crippen molar-refractivity contribution in [2.45, 2.75) is 31.0 Å². The number of imidazole rings is 1. The van der Waals surface area contributed by atoms with Gasteiger partial charge in [0.2, 0.25) is 0 Å². The first-order valence-electron chi connectivity index (χ1n) is 8.97. The Morgan fingerprint density at radius 2 is 1.93 bits per heavy atom. The molecule has 142 valence electrons. The molecule has 0 unspecified atom stereocenters. The van der Waals surface area contributed by atoms with Gasteiger partial charge in [0.25, 0.3) is 5.91 Å². The van der Waals surface area contributed by atoms with Gasteiger partial charge in [-0.25, -0.2) is 4.98 Å². The number of aryl methyl sites for hydroxylation is 2. The molecule has 2 heterocycles. The minimum Gasteiger partial charge on any atom is -0.361 e. The van der Waals surface area contributed by atoms with Gasteiger partial charge in [-0.2, -0.15) is 0 Å². The maximum Gasteiger partial charge on any atom is 0.252 e. The number of carbonyl (C=O) groups is 1. The fourth-order valence-electron chi connectivity index (χ4n) is 2.99. The molecule has 0 aliphatic rings. The van der Waals surface area contributed by atoms with Gasteiger partial charge in [0.1, 0.15) is 11.6 Å². The summed E-state index contributed by atoms with van der Waals surface area (Å²) in [5, 5.41) is 6.94. The van der Waals surface area contributed by atoms with Gasteiger partial charge >= 0.3 is 0 Å². The summed E-state index contributed by atoms with van der Waals surface area (Å²) in [5.41, 5.74) is 4.46. The van der Waals surface area contributed by atoms with Gasteiger partial charge in [0, 0.05) is 16.2 Å². The van der Waals surface area contributed by atoms with Crippen molar-refractivity contribution in [3.63, 3.8) is 0 Å². The van der Waals surface area contributed by atoms with Crippen LogP contribution in [0.2, 0.25) is 0 Å². The van der Waals surface area contributed by atoms with Crippen LogP contribution in [0.1, 0.15) is 33.2 Å². The fourth-order valence-corrected chi connectivity index (χ4v) is 4.19. The number of carbonyl (C=O) groups excluding carboxylic acids is 1. The Labute approximate surface area is 166 Å². The van der Waals surface area contributed by atoms with E-state index in [0.29, 0.717) is 17.9 Å². The summed E-state index contributed by atoms with van der Waals surface area (Å²) in [5.74, 6) is 2.13. The highest BCUT2D eigenvalue weighted by molar-refractivity contribution is 7.98. The van der Waals surface area contributed by atoms with E-state index in [-0.39, 0.29) is 5.91 Å². The van der Waals surface area contributed by atoms with E-state index in [4.69, 9.17) is 4.52 Å². The maximum absolute atomic E-state index is 12.8. The quantitative estimate of drug-likeness (QED) is 0.476. The number of nitrogens with one attached hydrogen (secondary N) is 2. The van der Waals surface area contributed by atoms with Gasteiger partial charge in [0.15, 0.2) is 0 Å². The summed E-state index contributed by atoms with van der Waals surface area (Å²) < 4.78 is 5.22. The molecule has 0 saturated heterocycles. The summed E-state index contributed by atoms with van der Waals surface area (Å²) in [7, 11) is 0. The number of thioether (sulfide) groups is 1. The maximum atomic E-state index is 12.8. The van der Waals surface area contributed by atoms with Crippen LogP contribution in [0.3, 0.4) is 0 Å². The Bertz CT molecular complexity index is 1080. The molecule has 28 heavy (non-hydrogen) atoms. The lowest BCUT2D eigenvalue weighted by Crippen LogP contribution is -2.24. The Balaban J connectivity index is 1.45. The molecule has 1 amide bonds. The number of para-hydroxylation sites is 2. The summed E-state index contributed by atoms with van der Waals surface area (Å²) in [6.45, 7) is 4.18. The highest BCUT2D eigenvalue weighted by Gasteiger charge is 2.14. The fraction of sp³-hybridized carbons (Fsp3) is 0.190. The Kier molecular flexibility index (Phi) is 5.16. The molecule has 4 rings (SSSR count). The normalized spacial score (nSPS) is 11.1. The molecule has 0 spiro atoms. The zero-order valence-corrected chi connectivity index (χ0v) is 16.5. The lowest BCUT2D eigenvalue weighted by atomic mass is 10.2. The third-order valence-electron chi connectivity index (χ3n) is 4.54. The molecule has 0 bridgehead atoms. The molecule has 0 atom stereocenters. The molecule has 0 fully saturated rings. The number of rotatable bonds is 6. The zero-order chi connectivity index (χ0) is 19.5. The largest absolute Gasteiger partial charge is 0.361 e. The Hall–Kier alpha value is -3.06. The van der Waals surface area contributed by atoms with Gasteiger partial charge in [0.05, 0.1) is 28.8 Å². The highest BCUT2D eigenvalue weighted by atomic mass is 32.2. The molecule has 2 N–H and O–H groups in total. The van der Waals surface area contributed by atoms with E-state index in [2.05, 4.69) is 20.4 Å². The summed E-state index contributed by atoms with van der Waals surface area (Å²) in [6, 6.07) is 15.4. The van der Waals surface area contributed by atoms with E-state index in [1.165, 1.54) is 0 Å². The molecule has 2 aromatic heterocycles. The van der Waals surface area contributed by atoms with Crippen molar-refractivity contribution in [3.8, 4) is 0 Å². The van der Waals surface area contributed by atoms with Crippen LogP contribution in [0.25, 0.3) is 11.0 Å². The Morgan fingerprint density at radius 1 is 1.14 bits per heavy atom. The van der Waals surface area contributed by atoms with Crippen LogP contribution in [-0.4, -0.2) is 21.0 Å². The number of amides is 1. The van der Waals surface area contributed by atoms with E-state index in [1.54, 1.807) is 11.8 Å². The number of nitrogens with zero attached hydrogens (tertiary/aromatic N) is 2. The van der Waals surface area contributed by atoms with Crippen LogP contribution in [0.15, 0.2) is 57.9 Å². The van der Waals surface area contributed by atoms with Crippen molar-refractivity contribution in [2.24, 2.45) is 0 Å². The van der Waals surface area contributed by atoms with Gasteiger partial charge in [-0.05, 0) is 38.1 Å². The topological polar surface area (TPSA) is 83.8 Å². The second kappa shape index (κ2) is 7.90. The monoisotopic (exact) mass is 392 g/mol. The number of fused-ring (bicyclic) bond motifs is 1. The van der Waals surface area contributed by atoms with E-state index in [0.717, 1.165) is 38.8 Å². The number of H-pyrrole nitrogens is 1. The summed E-state index contributed by atoms with van der Waals surface area (Å²) in [6.07, 6.45) is 0. The van der Waals surface area contributed by atoms with Gasteiger partial charge in [-0.3, -0.25) is 4.79 Å². The van der Waals surface area contributed by atoms with Crippen molar-refractivity contribution in [3.05, 3.63) is 76.9 Å². The standard InChI is InChI=1S/C21H20N4O2S/c1-13-16(14(2)27-25-13)12-28-19-10-6-3-7-15(19)21(26)22-11-20-23-17-8-4-5-9-18(17)24-20/h3-10H,11-12H2,1-2H3,(H,22,26)(H,23,24). The first kappa shape index (κ1) is 18.3. The van der Waals surface area contributed by atoms with Crippen molar-refractivity contribution in [2.75, 3.05) is 0 Å². The average Bonchev–Trinajstić information content (AvgIpc) is 3.27. The number of aromatic amines is 1. The minimum absolute atomic E-state index is 0.123. The van der Waals surface area contributed by atoms with Crippen LogP contribution in [-0.2, 0) is 12.3 Å². The smallest absolute Gasteiger partial charge is 0.252 e. The van der Waals surface area contributed by atoms with E-state index < -0.39 is 0 Å². The second-order valence-electron chi connectivity index (χ2n) is 6.47. The van der Waals surface area contributed by atoms with Gasteiger partial charge in [-0.15, -0.1) is 11.8 Å². The number of hydrogen-bond donors (Lipinski definition) is 2. The Morgan fingerprint density at radius 3 is 2.71 bits per heavy atom. The summed E-state index contributed by atoms with van der Waals surface area (Å²) in [4.78, 5) is 21.4. The molecule has 7 heteroatoms. The van der Waals surface area contributed by atoms with Gasteiger partial charge in [-0.1, -0.05) is 29.4 Å². The van der Waals surface area contributed by atoms with Crippen molar-refractivity contribution < 1.29 is 9.32 Å². The molecule has 0 aliphatic heterocycles. The van der Waals surface area contributed by atoms with E-state index in [1.807, 2.05) is 62.4 Å². The van der Waals surface area contributed by atoms with Crippen LogP contribution < -0.4 is 5.32 Å². The lowest BCUT2D eigenvalue weighted by molar-refractivity contribution is 0.0947. The van der Waals surface area contributed by atoms with Crippen molar-refractivity contribution in [1.82, 2.24) is 20.4 Å². The highest BCUT2D eigenvalue weighted by Crippen LogP contribution is 2.28. The van der Waals surface area contributed by atoms with Crippen LogP contribution in [0.5, 0.6) is 0 Å². The van der Waals surface area contributed by atoms with Crippen LogP contribution in [0.4, 0.5) is 0 Å². The van der Waals surface area contributed by atoms with Crippen LogP contribution in [0, 0.1) is 13.8 Å². The third kappa shape index (κ3) is 3.80. The molecular formula is C21H20N4O2S. The lowest BCUT2D eigenvalue weighted by Gasteiger charge is -2.09. The first-order valence-corrected chi connectivity index (χ1v) is 9.96. The number of aromatic nitrogens is 3. The average molecular weight is 392 g/mol. The van der Waals surface area contributed by atoms with E-state index in [9.17, 15) is 4.79 Å². The predicted octanol–water partition coefficient (Wildman–Crippen LogP) is 4.39. The number of benzene rings is 2. The molecule has 0 aliphatic carbocycles. The molecule has 0 saturated carbocycles. The SMILES string of the molecule is Cc1noc(C)c1CSc1ccccc1C(=O)NCc1nc2ccccc2[nH]1. The molecule has 6 nitrogen and oxygen atoms in total. The van der Waals surface area contributed by atoms with Gasteiger partial charge < -0.3 is 14.8 Å². The molecule has 4 aromatic rings. The second-order valence-corrected chi connectivity index (χ2v) is 7.49. The molecule has 2 aromatic carbocycles. The minimum atomic E-state index is -0.123. The van der Waals surface area contributed by atoms with E-state index >= 15 is 0 Å². The number of hydrogen-bond acceptors (Lipinski definition) is 5. The molecular weight excluding hydrogens is 372 g/mol. The van der Waals surface area contributed by atoms with Crippen LogP contribution >= 0.6 is 11.8 Å². The van der Waals surface area contributed by atoms with Crippen molar-refractivity contribution >= 4 is 28.7 Å². The summed E-state index contributed by atoms with van der Waals surface area (Å²) >= 11 is 1.60. The zero-order valence-electron chi connectivity index (χ0n) is 15.7. The van der Waals surface area contributed by atoms with Crippen molar-refractivity contribution in [1.29, 1.82) is 0 Å². The molecule has 0 radical (unpaired) electrons. The first-order chi connectivity index (χ1) is 13.6. The third-order valence-corrected chi connectivity index (χ3v) is 5.64.